The molecule has 2 rings (SSSR count). The minimum Gasteiger partial charge on any atom is -0.496 e. The van der Waals surface area contributed by atoms with Crippen LogP contribution in [0.4, 0.5) is 4.39 Å². The van der Waals surface area contributed by atoms with Crippen LogP contribution in [0, 0.1) is 5.82 Å². The third-order valence-electron chi connectivity index (χ3n) is 2.34. The van der Waals surface area contributed by atoms with Gasteiger partial charge in [-0.15, -0.1) is 11.3 Å². The highest BCUT2D eigenvalue weighted by molar-refractivity contribution is 7.10. The predicted molar refractivity (Wildman–Crippen MR) is 64.2 cm³/mol. The van der Waals surface area contributed by atoms with Gasteiger partial charge in [0.05, 0.1) is 19.3 Å². The molecule has 1 unspecified atom stereocenters. The lowest BCUT2D eigenvalue weighted by atomic mass is 10.1. The maximum absolute atomic E-state index is 13.1. The number of rotatable bonds is 4. The maximum Gasteiger partial charge on any atom is 0.141 e. The van der Waals surface area contributed by atoms with Gasteiger partial charge in [-0.25, -0.2) is 9.82 Å². The largest absolute Gasteiger partial charge is 0.496 e. The monoisotopic (exact) mass is 253 g/mol. The summed E-state index contributed by atoms with van der Waals surface area (Å²) in [5.74, 6) is 5.88. The van der Waals surface area contributed by atoms with Gasteiger partial charge in [-0.05, 0) is 17.7 Å². The van der Waals surface area contributed by atoms with Gasteiger partial charge in [0.2, 0.25) is 0 Å². The number of thiophene rings is 1. The normalized spacial score (nSPS) is 12.4. The van der Waals surface area contributed by atoms with Crippen LogP contribution in [-0.4, -0.2) is 12.1 Å². The van der Waals surface area contributed by atoms with E-state index in [1.54, 1.807) is 13.3 Å². The second-order valence-corrected chi connectivity index (χ2v) is 4.37. The number of nitrogens with zero attached hydrogens (tertiary/aromatic N) is 1. The molecule has 0 fully saturated rings. The number of pyridine rings is 1. The van der Waals surface area contributed by atoms with E-state index in [-0.39, 0.29) is 11.9 Å². The van der Waals surface area contributed by atoms with Crippen LogP contribution < -0.4 is 16.0 Å². The summed E-state index contributed by atoms with van der Waals surface area (Å²) in [5.41, 5.74) is 3.33. The van der Waals surface area contributed by atoms with Crippen molar-refractivity contribution >= 4 is 11.3 Å². The molecule has 17 heavy (non-hydrogen) atoms. The highest BCUT2D eigenvalue weighted by Gasteiger charge is 2.16. The van der Waals surface area contributed by atoms with Gasteiger partial charge < -0.3 is 4.74 Å². The summed E-state index contributed by atoms with van der Waals surface area (Å²) in [4.78, 5) is 4.75. The smallest absolute Gasteiger partial charge is 0.141 e. The summed E-state index contributed by atoms with van der Waals surface area (Å²) in [7, 11) is 1.60. The fourth-order valence-electron chi connectivity index (χ4n) is 1.52. The summed E-state index contributed by atoms with van der Waals surface area (Å²) in [5, 5.41) is 1.87. The number of methoxy groups -OCH3 is 1. The number of hydrogen-bond acceptors (Lipinski definition) is 5. The molecule has 2 aromatic heterocycles. The molecule has 0 amide bonds. The second kappa shape index (κ2) is 5.22. The van der Waals surface area contributed by atoms with Crippen molar-refractivity contribution in [2.45, 2.75) is 6.04 Å². The van der Waals surface area contributed by atoms with E-state index in [1.165, 1.54) is 17.4 Å². The van der Waals surface area contributed by atoms with E-state index in [9.17, 15) is 4.39 Å². The molecule has 0 bridgehead atoms. The Balaban J connectivity index is 2.33. The summed E-state index contributed by atoms with van der Waals surface area (Å²) < 4.78 is 18.2. The van der Waals surface area contributed by atoms with Crippen LogP contribution in [0.5, 0.6) is 5.75 Å². The van der Waals surface area contributed by atoms with Gasteiger partial charge in [0.15, 0.2) is 0 Å². The number of nitrogens with one attached hydrogen (secondary N) is 1. The van der Waals surface area contributed by atoms with Gasteiger partial charge in [0, 0.05) is 16.5 Å². The Kier molecular flexibility index (Phi) is 3.68. The van der Waals surface area contributed by atoms with Crippen molar-refractivity contribution in [1.82, 2.24) is 10.4 Å². The molecule has 2 heterocycles. The van der Waals surface area contributed by atoms with Crippen molar-refractivity contribution in [3.05, 3.63) is 46.2 Å². The first kappa shape index (κ1) is 12.0. The molecule has 0 aromatic carbocycles. The number of aromatic nitrogens is 1. The quantitative estimate of drug-likeness (QED) is 0.645. The van der Waals surface area contributed by atoms with Gasteiger partial charge in [-0.2, -0.15) is 0 Å². The molecule has 0 aliphatic heterocycles. The van der Waals surface area contributed by atoms with Crippen LogP contribution >= 0.6 is 11.3 Å². The molecule has 0 spiro atoms. The minimum absolute atomic E-state index is 0.285. The van der Waals surface area contributed by atoms with Crippen molar-refractivity contribution in [1.29, 1.82) is 0 Å². The van der Waals surface area contributed by atoms with Crippen LogP contribution in [0.15, 0.2) is 29.9 Å². The van der Waals surface area contributed by atoms with E-state index in [0.29, 0.717) is 5.56 Å². The van der Waals surface area contributed by atoms with Crippen LogP contribution in [0.2, 0.25) is 0 Å². The van der Waals surface area contributed by atoms with Gasteiger partial charge in [-0.3, -0.25) is 10.8 Å². The number of hydrazine groups is 1. The van der Waals surface area contributed by atoms with E-state index in [1.807, 2.05) is 11.4 Å². The van der Waals surface area contributed by atoms with E-state index in [4.69, 9.17) is 10.6 Å². The average molecular weight is 253 g/mol. The molecule has 90 valence electrons. The molecule has 1 atom stereocenters. The molecule has 2 aromatic rings. The Morgan fingerprint density at radius 1 is 1.47 bits per heavy atom. The first-order chi connectivity index (χ1) is 8.24. The van der Waals surface area contributed by atoms with E-state index in [2.05, 4.69) is 10.4 Å². The molecule has 0 aliphatic rings. The molecule has 3 N–H and O–H groups in total. The highest BCUT2D eigenvalue weighted by Crippen LogP contribution is 2.30. The Hall–Kier alpha value is -1.50. The Morgan fingerprint density at radius 3 is 2.88 bits per heavy atom. The lowest BCUT2D eigenvalue weighted by Crippen LogP contribution is -2.28. The Labute approximate surface area is 102 Å². The highest BCUT2D eigenvalue weighted by atomic mass is 32.1. The molecule has 0 saturated heterocycles. The summed E-state index contributed by atoms with van der Waals surface area (Å²) in [6, 6.07) is 2.98. The van der Waals surface area contributed by atoms with Crippen molar-refractivity contribution < 1.29 is 9.13 Å². The zero-order valence-electron chi connectivity index (χ0n) is 9.18. The molecule has 0 radical (unpaired) electrons. The Bertz CT molecular complexity index is 503. The van der Waals surface area contributed by atoms with E-state index >= 15 is 0 Å². The third-order valence-corrected chi connectivity index (χ3v) is 3.32. The number of hydrogen-bond donors (Lipinski definition) is 2. The number of halogens is 1. The molecular formula is C11H12FN3OS. The van der Waals surface area contributed by atoms with Crippen LogP contribution in [0.1, 0.15) is 16.5 Å². The minimum atomic E-state index is -0.383. The molecular weight excluding hydrogens is 241 g/mol. The first-order valence-corrected chi connectivity index (χ1v) is 5.81. The zero-order chi connectivity index (χ0) is 12.3. The second-order valence-electron chi connectivity index (χ2n) is 3.43. The summed E-state index contributed by atoms with van der Waals surface area (Å²) in [6.45, 7) is 0. The van der Waals surface area contributed by atoms with Gasteiger partial charge in [0.1, 0.15) is 11.6 Å². The number of ether oxygens (including phenoxy) is 1. The summed E-state index contributed by atoms with van der Waals surface area (Å²) >= 11 is 1.49. The molecule has 6 heteroatoms. The molecule has 0 aliphatic carbocycles. The van der Waals surface area contributed by atoms with Crippen LogP contribution in [0.3, 0.4) is 0 Å². The van der Waals surface area contributed by atoms with Crippen molar-refractivity contribution in [2.24, 2.45) is 5.84 Å². The summed E-state index contributed by atoms with van der Waals surface area (Å²) in [6.07, 6.45) is 2.74. The fourth-order valence-corrected chi connectivity index (χ4v) is 2.46. The zero-order valence-corrected chi connectivity index (χ0v) is 10.00. The van der Waals surface area contributed by atoms with Gasteiger partial charge in [-0.1, -0.05) is 0 Å². The fraction of sp³-hybridized carbons (Fsp3) is 0.182. The lowest BCUT2D eigenvalue weighted by molar-refractivity contribution is 0.416. The first-order valence-electron chi connectivity index (χ1n) is 4.93. The van der Waals surface area contributed by atoms with Gasteiger partial charge in [0.25, 0.3) is 0 Å². The standard InChI is InChI=1S/C11H12FN3OS/c1-16-9-3-10(17-6-9)11(15-13)7-2-8(12)5-14-4-7/h2-6,11,15H,13H2,1H3. The third kappa shape index (κ3) is 2.60. The molecule has 4 nitrogen and oxygen atoms in total. The van der Waals surface area contributed by atoms with Crippen molar-refractivity contribution in [3.63, 3.8) is 0 Å². The van der Waals surface area contributed by atoms with Gasteiger partial charge >= 0.3 is 0 Å². The van der Waals surface area contributed by atoms with E-state index < -0.39 is 0 Å². The van der Waals surface area contributed by atoms with Crippen molar-refractivity contribution in [2.75, 3.05) is 7.11 Å². The van der Waals surface area contributed by atoms with Crippen LogP contribution in [-0.2, 0) is 0 Å². The van der Waals surface area contributed by atoms with Crippen molar-refractivity contribution in [3.8, 4) is 5.75 Å². The SMILES string of the molecule is COc1csc(C(NN)c2cncc(F)c2)c1. The topological polar surface area (TPSA) is 60.2 Å². The molecule has 0 saturated carbocycles. The predicted octanol–water partition coefficient (Wildman–Crippen LogP) is 1.84. The number of nitrogens with two attached hydrogens (primary N) is 1. The Morgan fingerprint density at radius 2 is 2.29 bits per heavy atom. The average Bonchev–Trinajstić information content (AvgIpc) is 2.79. The maximum atomic E-state index is 13.1. The lowest BCUT2D eigenvalue weighted by Gasteiger charge is -2.13. The van der Waals surface area contributed by atoms with E-state index in [0.717, 1.165) is 16.8 Å². The van der Waals surface area contributed by atoms with Crippen LogP contribution in [0.25, 0.3) is 0 Å².